The van der Waals surface area contributed by atoms with Crippen LogP contribution in [-0.4, -0.2) is 6.26 Å². The summed E-state index contributed by atoms with van der Waals surface area (Å²) < 4.78 is 0. The molecular formula is C11H14S. The van der Waals surface area contributed by atoms with Gasteiger partial charge >= 0.3 is 0 Å². The Morgan fingerprint density at radius 1 is 1.25 bits per heavy atom. The second-order valence-electron chi connectivity index (χ2n) is 3.65. The first-order chi connectivity index (χ1) is 5.79. The van der Waals surface area contributed by atoms with Crippen molar-refractivity contribution in [2.75, 3.05) is 6.26 Å². The summed E-state index contributed by atoms with van der Waals surface area (Å²) in [6, 6.07) is 6.88. The lowest BCUT2D eigenvalue weighted by Crippen LogP contribution is -1.89. The summed E-state index contributed by atoms with van der Waals surface area (Å²) in [5, 5.41) is 0. The first-order valence-electron chi connectivity index (χ1n) is 4.45. The third-order valence-corrected chi connectivity index (χ3v) is 3.28. The highest BCUT2D eigenvalue weighted by molar-refractivity contribution is 7.98. The minimum atomic E-state index is 0.858. The normalized spacial score (nSPS) is 21.0. The van der Waals surface area contributed by atoms with E-state index in [2.05, 4.69) is 31.4 Å². The summed E-state index contributed by atoms with van der Waals surface area (Å²) in [6.45, 7) is 2.33. The van der Waals surface area contributed by atoms with Gasteiger partial charge in [-0.1, -0.05) is 13.0 Å². The molecule has 12 heavy (non-hydrogen) atoms. The maximum atomic E-state index is 2.35. The Balaban J connectivity index is 2.35. The maximum absolute atomic E-state index is 2.35. The van der Waals surface area contributed by atoms with Crippen molar-refractivity contribution in [2.45, 2.75) is 24.7 Å². The summed E-state index contributed by atoms with van der Waals surface area (Å²) in [7, 11) is 0. The number of rotatable bonds is 1. The fraction of sp³-hybridized carbons (Fsp3) is 0.455. The van der Waals surface area contributed by atoms with E-state index in [1.807, 2.05) is 11.8 Å². The highest BCUT2D eigenvalue weighted by atomic mass is 32.2. The average Bonchev–Trinajstić information content (AvgIpc) is 2.43. The maximum Gasteiger partial charge on any atom is 0.00720 e. The molecular weight excluding hydrogens is 164 g/mol. The van der Waals surface area contributed by atoms with Gasteiger partial charge in [-0.15, -0.1) is 11.8 Å². The summed E-state index contributed by atoms with van der Waals surface area (Å²) in [6.07, 6.45) is 4.70. The van der Waals surface area contributed by atoms with Gasteiger partial charge in [0.25, 0.3) is 0 Å². The van der Waals surface area contributed by atoms with Gasteiger partial charge in [0.05, 0.1) is 0 Å². The van der Waals surface area contributed by atoms with Crippen LogP contribution in [0.25, 0.3) is 0 Å². The van der Waals surface area contributed by atoms with E-state index in [0.717, 1.165) is 5.92 Å². The van der Waals surface area contributed by atoms with Crippen molar-refractivity contribution in [3.05, 3.63) is 29.3 Å². The highest BCUT2D eigenvalue weighted by Gasteiger charge is 2.17. The van der Waals surface area contributed by atoms with E-state index >= 15 is 0 Å². The molecule has 0 aliphatic heterocycles. The molecule has 1 unspecified atom stereocenters. The Labute approximate surface area is 78.4 Å². The zero-order chi connectivity index (χ0) is 8.55. The molecule has 0 radical (unpaired) electrons. The smallest absolute Gasteiger partial charge is 0.00720 e. The molecule has 0 aromatic heterocycles. The monoisotopic (exact) mass is 178 g/mol. The van der Waals surface area contributed by atoms with Crippen molar-refractivity contribution in [1.82, 2.24) is 0 Å². The van der Waals surface area contributed by atoms with Crippen LogP contribution >= 0.6 is 11.8 Å². The number of hydrogen-bond donors (Lipinski definition) is 0. The standard InChI is InChI=1S/C11H14S/c1-8-5-9-3-4-11(12-2)7-10(9)6-8/h3-4,7-8H,5-6H2,1-2H3. The average molecular weight is 178 g/mol. The first-order valence-corrected chi connectivity index (χ1v) is 5.68. The fourth-order valence-electron chi connectivity index (χ4n) is 1.94. The molecule has 1 heteroatoms. The highest BCUT2D eigenvalue weighted by Crippen LogP contribution is 2.29. The second kappa shape index (κ2) is 3.14. The van der Waals surface area contributed by atoms with Crippen LogP contribution in [0.4, 0.5) is 0 Å². The van der Waals surface area contributed by atoms with Crippen LogP contribution in [0.15, 0.2) is 23.1 Å². The molecule has 0 amide bonds. The van der Waals surface area contributed by atoms with Gasteiger partial charge in [-0.25, -0.2) is 0 Å². The zero-order valence-corrected chi connectivity index (χ0v) is 8.45. The zero-order valence-electron chi connectivity index (χ0n) is 7.63. The molecule has 1 aliphatic carbocycles. The van der Waals surface area contributed by atoms with Gasteiger partial charge in [-0.2, -0.15) is 0 Å². The largest absolute Gasteiger partial charge is 0.130 e. The summed E-state index contributed by atoms with van der Waals surface area (Å²) in [5.74, 6) is 0.858. The Morgan fingerprint density at radius 3 is 2.75 bits per heavy atom. The summed E-state index contributed by atoms with van der Waals surface area (Å²) >= 11 is 1.84. The fourth-order valence-corrected chi connectivity index (χ4v) is 2.41. The Kier molecular flexibility index (Phi) is 2.14. The van der Waals surface area contributed by atoms with Gasteiger partial charge in [0.15, 0.2) is 0 Å². The van der Waals surface area contributed by atoms with Crippen LogP contribution in [0.1, 0.15) is 18.1 Å². The number of benzene rings is 1. The lowest BCUT2D eigenvalue weighted by Gasteiger charge is -2.00. The van der Waals surface area contributed by atoms with Gasteiger partial charge in [0, 0.05) is 4.90 Å². The van der Waals surface area contributed by atoms with Crippen molar-refractivity contribution >= 4 is 11.8 Å². The van der Waals surface area contributed by atoms with E-state index in [9.17, 15) is 0 Å². The first kappa shape index (κ1) is 8.18. The van der Waals surface area contributed by atoms with Gasteiger partial charge in [0.2, 0.25) is 0 Å². The molecule has 0 heterocycles. The Bertz CT molecular complexity index is 291. The SMILES string of the molecule is CSc1ccc2c(c1)CC(C)C2. The van der Waals surface area contributed by atoms with Gasteiger partial charge in [-0.05, 0) is 48.3 Å². The molecule has 0 fully saturated rings. The van der Waals surface area contributed by atoms with Crippen LogP contribution in [0.2, 0.25) is 0 Å². The van der Waals surface area contributed by atoms with Crippen molar-refractivity contribution < 1.29 is 0 Å². The molecule has 1 aliphatic rings. The van der Waals surface area contributed by atoms with E-state index in [0.29, 0.717) is 0 Å². The molecule has 0 nitrogen and oxygen atoms in total. The number of fused-ring (bicyclic) bond motifs is 1. The molecule has 0 saturated carbocycles. The molecule has 0 N–H and O–H groups in total. The molecule has 0 saturated heterocycles. The van der Waals surface area contributed by atoms with Crippen LogP contribution in [0, 0.1) is 5.92 Å². The lowest BCUT2D eigenvalue weighted by molar-refractivity contribution is 0.627. The molecule has 1 aromatic rings. The quantitative estimate of drug-likeness (QED) is 0.595. The van der Waals surface area contributed by atoms with Crippen LogP contribution in [0.5, 0.6) is 0 Å². The number of thioether (sulfide) groups is 1. The predicted octanol–water partition coefficient (Wildman–Crippen LogP) is 3.14. The molecule has 2 rings (SSSR count). The van der Waals surface area contributed by atoms with E-state index in [-0.39, 0.29) is 0 Å². The number of hydrogen-bond acceptors (Lipinski definition) is 1. The van der Waals surface area contributed by atoms with Crippen LogP contribution < -0.4 is 0 Å². The van der Waals surface area contributed by atoms with Crippen molar-refractivity contribution in [1.29, 1.82) is 0 Å². The molecule has 1 aromatic carbocycles. The van der Waals surface area contributed by atoms with E-state index < -0.39 is 0 Å². The summed E-state index contributed by atoms with van der Waals surface area (Å²) in [5.41, 5.74) is 3.15. The predicted molar refractivity (Wildman–Crippen MR) is 54.8 cm³/mol. The third kappa shape index (κ3) is 1.38. The second-order valence-corrected chi connectivity index (χ2v) is 4.53. The van der Waals surface area contributed by atoms with Crippen molar-refractivity contribution in [2.24, 2.45) is 5.92 Å². The van der Waals surface area contributed by atoms with Gasteiger partial charge < -0.3 is 0 Å². The summed E-state index contributed by atoms with van der Waals surface area (Å²) in [4.78, 5) is 1.41. The van der Waals surface area contributed by atoms with Crippen molar-refractivity contribution in [3.63, 3.8) is 0 Å². The van der Waals surface area contributed by atoms with E-state index in [4.69, 9.17) is 0 Å². The molecule has 0 spiro atoms. The van der Waals surface area contributed by atoms with E-state index in [1.165, 1.54) is 17.7 Å². The van der Waals surface area contributed by atoms with Gasteiger partial charge in [-0.3, -0.25) is 0 Å². The topological polar surface area (TPSA) is 0 Å². The molecule has 1 atom stereocenters. The van der Waals surface area contributed by atoms with Crippen molar-refractivity contribution in [3.8, 4) is 0 Å². The third-order valence-electron chi connectivity index (χ3n) is 2.55. The van der Waals surface area contributed by atoms with E-state index in [1.54, 1.807) is 11.1 Å². The van der Waals surface area contributed by atoms with Crippen LogP contribution in [0.3, 0.4) is 0 Å². The minimum absolute atomic E-state index is 0.858. The lowest BCUT2D eigenvalue weighted by atomic mass is 10.1. The molecule has 64 valence electrons. The Hall–Kier alpha value is -0.430. The van der Waals surface area contributed by atoms with Crippen LogP contribution in [-0.2, 0) is 12.8 Å². The van der Waals surface area contributed by atoms with Gasteiger partial charge in [0.1, 0.15) is 0 Å². The molecule has 0 bridgehead atoms. The minimum Gasteiger partial charge on any atom is -0.130 e. The Morgan fingerprint density at radius 2 is 2.00 bits per heavy atom.